The second-order valence-corrected chi connectivity index (χ2v) is 7.63. The number of aryl methyl sites for hydroxylation is 1. The highest BCUT2D eigenvalue weighted by molar-refractivity contribution is 7.89. The minimum atomic E-state index is -3.12. The summed E-state index contributed by atoms with van der Waals surface area (Å²) in [7, 11) is -3.12. The van der Waals surface area contributed by atoms with Crippen LogP contribution in [-0.4, -0.2) is 26.5 Å². The first-order valence-corrected chi connectivity index (χ1v) is 9.25. The van der Waals surface area contributed by atoms with E-state index in [-0.39, 0.29) is 5.75 Å². The first-order valence-electron chi connectivity index (χ1n) is 7.19. The predicted molar refractivity (Wildman–Crippen MR) is 91.1 cm³/mol. The van der Waals surface area contributed by atoms with Gasteiger partial charge >= 0.3 is 0 Å². The average molecular weight is 346 g/mol. The van der Waals surface area contributed by atoms with E-state index in [0.29, 0.717) is 16.7 Å². The molecule has 2 N–H and O–H groups in total. The molecule has 0 saturated carbocycles. The van der Waals surface area contributed by atoms with Crippen molar-refractivity contribution in [3.63, 3.8) is 0 Å². The van der Waals surface area contributed by atoms with Gasteiger partial charge in [0.25, 0.3) is 11.8 Å². The van der Waals surface area contributed by atoms with Gasteiger partial charge in [-0.2, -0.15) is 0 Å². The number of carbonyl (C=O) groups is 2. The van der Waals surface area contributed by atoms with E-state index in [2.05, 4.69) is 10.9 Å². The molecule has 0 aliphatic rings. The summed E-state index contributed by atoms with van der Waals surface area (Å²) >= 11 is 0. The molecule has 0 heterocycles. The molecule has 0 aliphatic carbocycles. The lowest BCUT2D eigenvalue weighted by Gasteiger charge is -2.09. The summed E-state index contributed by atoms with van der Waals surface area (Å²) in [5.41, 5.74) is 6.88. The highest BCUT2D eigenvalue weighted by atomic mass is 32.2. The second-order valence-electron chi connectivity index (χ2n) is 5.49. The Labute approximate surface area is 140 Å². The summed E-state index contributed by atoms with van der Waals surface area (Å²) in [6, 6.07) is 13.2. The highest BCUT2D eigenvalue weighted by Crippen LogP contribution is 2.08. The van der Waals surface area contributed by atoms with Crippen molar-refractivity contribution in [1.29, 1.82) is 0 Å². The van der Waals surface area contributed by atoms with Crippen molar-refractivity contribution in [2.75, 3.05) is 6.26 Å². The Morgan fingerprint density at radius 3 is 2.08 bits per heavy atom. The van der Waals surface area contributed by atoms with Crippen LogP contribution in [0.4, 0.5) is 0 Å². The minimum Gasteiger partial charge on any atom is -0.267 e. The molecular formula is C17H18N2O4S. The summed E-state index contributed by atoms with van der Waals surface area (Å²) in [5, 5.41) is 0. The smallest absolute Gasteiger partial charge is 0.267 e. The third-order valence-corrected chi connectivity index (χ3v) is 4.18. The molecule has 0 unspecified atom stereocenters. The first kappa shape index (κ1) is 17.7. The number of hydrogen-bond acceptors (Lipinski definition) is 4. The quantitative estimate of drug-likeness (QED) is 0.823. The predicted octanol–water partition coefficient (Wildman–Crippen LogP) is 1.61. The van der Waals surface area contributed by atoms with E-state index in [1.165, 1.54) is 12.1 Å². The number of nitrogens with one attached hydrogen (secondary N) is 2. The van der Waals surface area contributed by atoms with E-state index < -0.39 is 21.7 Å². The number of carbonyl (C=O) groups excluding carboxylic acids is 2. The van der Waals surface area contributed by atoms with Crippen LogP contribution < -0.4 is 10.9 Å². The summed E-state index contributed by atoms with van der Waals surface area (Å²) in [4.78, 5) is 24.0. The van der Waals surface area contributed by atoms with E-state index in [4.69, 9.17) is 0 Å². The van der Waals surface area contributed by atoms with E-state index in [1.54, 1.807) is 37.3 Å². The number of hydrazine groups is 1. The van der Waals surface area contributed by atoms with Crippen molar-refractivity contribution in [3.8, 4) is 0 Å². The maximum Gasteiger partial charge on any atom is 0.269 e. The van der Waals surface area contributed by atoms with Gasteiger partial charge in [0.15, 0.2) is 9.84 Å². The summed E-state index contributed by atoms with van der Waals surface area (Å²) in [5.74, 6) is -0.975. The van der Waals surface area contributed by atoms with E-state index in [1.807, 2.05) is 6.07 Å². The molecule has 2 aromatic carbocycles. The molecule has 2 aromatic rings. The van der Waals surface area contributed by atoms with Crippen LogP contribution >= 0.6 is 0 Å². The zero-order valence-corrected chi connectivity index (χ0v) is 14.2. The zero-order valence-electron chi connectivity index (χ0n) is 13.4. The van der Waals surface area contributed by atoms with Gasteiger partial charge in [-0.05, 0) is 36.2 Å². The van der Waals surface area contributed by atoms with E-state index in [0.717, 1.165) is 11.8 Å². The third-order valence-electron chi connectivity index (χ3n) is 3.32. The van der Waals surface area contributed by atoms with Crippen LogP contribution in [0, 0.1) is 6.92 Å². The molecule has 2 amide bonds. The van der Waals surface area contributed by atoms with Gasteiger partial charge in [-0.25, -0.2) is 8.42 Å². The minimum absolute atomic E-state index is 0.0844. The Bertz CT molecular complexity index is 858. The Hall–Kier alpha value is -2.67. The Balaban J connectivity index is 1.98. The van der Waals surface area contributed by atoms with E-state index >= 15 is 0 Å². The fraction of sp³-hybridized carbons (Fsp3) is 0.176. The molecule has 0 fully saturated rings. The van der Waals surface area contributed by atoms with Gasteiger partial charge in [0.05, 0.1) is 5.75 Å². The van der Waals surface area contributed by atoms with Crippen molar-refractivity contribution in [2.45, 2.75) is 12.7 Å². The number of hydrogen-bond donors (Lipinski definition) is 2. The van der Waals surface area contributed by atoms with Gasteiger partial charge in [-0.15, -0.1) is 0 Å². The molecule has 7 heteroatoms. The number of sulfone groups is 1. The fourth-order valence-corrected chi connectivity index (χ4v) is 2.93. The maximum atomic E-state index is 12.0. The van der Waals surface area contributed by atoms with Gasteiger partial charge in [0.2, 0.25) is 0 Å². The molecule has 126 valence electrons. The monoisotopic (exact) mass is 346 g/mol. The Morgan fingerprint density at radius 2 is 1.50 bits per heavy atom. The van der Waals surface area contributed by atoms with Crippen LogP contribution in [0.5, 0.6) is 0 Å². The van der Waals surface area contributed by atoms with Crippen molar-refractivity contribution in [3.05, 3.63) is 70.8 Å². The van der Waals surface area contributed by atoms with Crippen molar-refractivity contribution in [1.82, 2.24) is 10.9 Å². The lowest BCUT2D eigenvalue weighted by molar-refractivity contribution is 0.0846. The molecule has 0 bridgehead atoms. The van der Waals surface area contributed by atoms with Crippen molar-refractivity contribution < 1.29 is 18.0 Å². The summed E-state index contributed by atoms with van der Waals surface area (Å²) in [6.07, 6.45) is 1.15. The molecule has 24 heavy (non-hydrogen) atoms. The third kappa shape index (κ3) is 4.92. The molecular weight excluding hydrogens is 328 g/mol. The van der Waals surface area contributed by atoms with Crippen LogP contribution in [0.25, 0.3) is 0 Å². The lowest BCUT2D eigenvalue weighted by atomic mass is 10.1. The zero-order chi connectivity index (χ0) is 17.7. The van der Waals surface area contributed by atoms with Gasteiger partial charge in [0.1, 0.15) is 0 Å². The van der Waals surface area contributed by atoms with Crippen molar-refractivity contribution in [2.24, 2.45) is 0 Å². The topological polar surface area (TPSA) is 92.3 Å². The Morgan fingerprint density at radius 1 is 0.917 bits per heavy atom. The molecule has 0 aromatic heterocycles. The largest absolute Gasteiger partial charge is 0.269 e. The highest BCUT2D eigenvalue weighted by Gasteiger charge is 2.11. The molecule has 0 aliphatic heterocycles. The summed E-state index contributed by atoms with van der Waals surface area (Å²) in [6.45, 7) is 1.80. The summed E-state index contributed by atoms with van der Waals surface area (Å²) < 4.78 is 22.5. The van der Waals surface area contributed by atoms with Gasteiger partial charge in [-0.3, -0.25) is 20.4 Å². The average Bonchev–Trinajstić information content (AvgIpc) is 2.52. The maximum absolute atomic E-state index is 12.0. The van der Waals surface area contributed by atoms with E-state index in [9.17, 15) is 18.0 Å². The lowest BCUT2D eigenvalue weighted by Crippen LogP contribution is -2.41. The molecule has 2 rings (SSSR count). The number of benzene rings is 2. The van der Waals surface area contributed by atoms with Crippen LogP contribution in [0.15, 0.2) is 48.5 Å². The van der Waals surface area contributed by atoms with Crippen LogP contribution in [0.3, 0.4) is 0 Å². The van der Waals surface area contributed by atoms with Crippen LogP contribution in [0.2, 0.25) is 0 Å². The van der Waals surface area contributed by atoms with Crippen molar-refractivity contribution >= 4 is 21.7 Å². The SMILES string of the molecule is Cc1ccccc1C(=O)NNC(=O)c1ccc(CS(C)(=O)=O)cc1. The van der Waals surface area contributed by atoms with Gasteiger partial charge in [0, 0.05) is 17.4 Å². The number of amides is 2. The number of rotatable bonds is 4. The fourth-order valence-electron chi connectivity index (χ4n) is 2.14. The van der Waals surface area contributed by atoms with Gasteiger partial charge in [-0.1, -0.05) is 30.3 Å². The van der Waals surface area contributed by atoms with Crippen LogP contribution in [0.1, 0.15) is 31.8 Å². The molecule has 0 spiro atoms. The molecule has 0 saturated heterocycles. The first-order chi connectivity index (χ1) is 11.3. The van der Waals surface area contributed by atoms with Crippen LogP contribution in [-0.2, 0) is 15.6 Å². The van der Waals surface area contributed by atoms with Gasteiger partial charge < -0.3 is 0 Å². The molecule has 0 radical (unpaired) electrons. The second kappa shape index (κ2) is 7.27. The molecule has 6 nitrogen and oxygen atoms in total. The molecule has 0 atom stereocenters. The standard InChI is InChI=1S/C17H18N2O4S/c1-12-5-3-4-6-15(12)17(21)19-18-16(20)14-9-7-13(8-10-14)11-24(2,22)23/h3-10H,11H2,1-2H3,(H,18,20)(H,19,21). The Kier molecular flexibility index (Phi) is 5.35. The normalized spacial score (nSPS) is 10.9.